The smallest absolute Gasteiger partial charge is 0.208 e. The van der Waals surface area contributed by atoms with Gasteiger partial charge in [0.05, 0.1) is 20.6 Å². The molecular formula is C2H5BrO2S. The molecule has 0 aromatic carbocycles. The van der Waals surface area contributed by atoms with E-state index in [9.17, 15) is 8.42 Å². The molecule has 0 aromatic heterocycles. The average Bonchev–Trinajstić information content (AvgIpc) is 1.35. The van der Waals surface area contributed by atoms with Crippen molar-refractivity contribution >= 4 is 23.1 Å². The van der Waals surface area contributed by atoms with Crippen LogP contribution in [0, 0.1) is 0 Å². The Hall–Kier alpha value is 0.430. The zero-order valence-electron chi connectivity index (χ0n) is 3.31. The molecule has 0 fully saturated rings. The lowest BCUT2D eigenvalue weighted by atomic mass is 11.0. The topological polar surface area (TPSA) is 34.1 Å². The lowest BCUT2D eigenvalue weighted by Gasteiger charge is -1.77. The molecule has 2 nitrogen and oxygen atoms in total. The summed E-state index contributed by atoms with van der Waals surface area (Å²) in [6.07, 6.45) is 0. The van der Waals surface area contributed by atoms with Crippen LogP contribution in [0.5, 0.6) is 0 Å². The number of rotatable bonds is 1. The van der Waals surface area contributed by atoms with Crippen molar-refractivity contribution in [3.8, 4) is 0 Å². The van der Waals surface area contributed by atoms with Crippen molar-refractivity contribution in [3.63, 3.8) is 0 Å². The lowest BCUT2D eigenvalue weighted by molar-refractivity contribution is 0.612. The van der Waals surface area contributed by atoms with Gasteiger partial charge in [-0.3, -0.25) is 0 Å². The van der Waals surface area contributed by atoms with E-state index in [-0.39, 0.29) is 5.75 Å². The number of hydrogen-bond acceptors (Lipinski definition) is 2. The summed E-state index contributed by atoms with van der Waals surface area (Å²) in [4.78, 5) is 0. The standard InChI is InChI=1S/C2H5BrO2S/c1-2-6(3,4)5/h2H2,1H3. The van der Waals surface area contributed by atoms with Crippen LogP contribution in [-0.4, -0.2) is 14.2 Å². The lowest BCUT2D eigenvalue weighted by Crippen LogP contribution is -1.87. The Kier molecular flexibility index (Phi) is 2.07. The Morgan fingerprint density at radius 3 is 1.83 bits per heavy atom. The zero-order valence-corrected chi connectivity index (χ0v) is 5.71. The quantitative estimate of drug-likeness (QED) is 0.547. The predicted molar refractivity (Wildman–Crippen MR) is 28.4 cm³/mol. The monoisotopic (exact) mass is 172 g/mol. The van der Waals surface area contributed by atoms with Crippen molar-refractivity contribution in [2.24, 2.45) is 0 Å². The van der Waals surface area contributed by atoms with Gasteiger partial charge >= 0.3 is 0 Å². The predicted octanol–water partition coefficient (Wildman–Crippen LogP) is 0.731. The highest BCUT2D eigenvalue weighted by atomic mass is 79.9. The molecule has 0 rings (SSSR count). The fourth-order valence-electron chi connectivity index (χ4n) is 0. The Morgan fingerprint density at radius 1 is 1.67 bits per heavy atom. The summed E-state index contributed by atoms with van der Waals surface area (Å²) < 4.78 is 19.8. The van der Waals surface area contributed by atoms with Gasteiger partial charge in [-0.2, -0.15) is 0 Å². The van der Waals surface area contributed by atoms with Crippen LogP contribution in [0.15, 0.2) is 0 Å². The van der Waals surface area contributed by atoms with Crippen molar-refractivity contribution < 1.29 is 8.42 Å². The molecule has 0 amide bonds. The van der Waals surface area contributed by atoms with Crippen LogP contribution in [-0.2, 0) is 8.27 Å². The van der Waals surface area contributed by atoms with E-state index >= 15 is 0 Å². The van der Waals surface area contributed by atoms with Gasteiger partial charge in [0.25, 0.3) is 0 Å². The maximum Gasteiger partial charge on any atom is 0.208 e. The molecule has 0 heterocycles. The maximum absolute atomic E-state index is 9.92. The molecule has 0 saturated heterocycles. The van der Waals surface area contributed by atoms with Crippen LogP contribution in [0.2, 0.25) is 0 Å². The minimum Gasteiger partial charge on any atom is -0.217 e. The van der Waals surface area contributed by atoms with Crippen molar-refractivity contribution in [1.29, 1.82) is 0 Å². The third-order valence-electron chi connectivity index (χ3n) is 0.345. The van der Waals surface area contributed by atoms with Gasteiger partial charge < -0.3 is 0 Å². The van der Waals surface area contributed by atoms with Gasteiger partial charge in [0.2, 0.25) is 8.27 Å². The second kappa shape index (κ2) is 1.93. The van der Waals surface area contributed by atoms with E-state index in [2.05, 4.69) is 14.8 Å². The average molecular weight is 173 g/mol. The fraction of sp³-hybridized carbons (Fsp3) is 1.00. The molecule has 0 aliphatic rings. The Bertz CT molecular complexity index is 114. The SMILES string of the molecule is CCS(=O)(=O)Br. The normalized spacial score (nSPS) is 11.7. The van der Waals surface area contributed by atoms with Crippen molar-refractivity contribution in [3.05, 3.63) is 0 Å². The molecule has 38 valence electrons. The summed E-state index contributed by atoms with van der Waals surface area (Å²) >= 11 is 2.45. The highest BCUT2D eigenvalue weighted by Crippen LogP contribution is 1.96. The second-order valence-corrected chi connectivity index (χ2v) is 5.44. The maximum atomic E-state index is 9.92. The summed E-state index contributed by atoms with van der Waals surface area (Å²) in [5, 5.41) is 0. The Balaban J connectivity index is 3.85. The summed E-state index contributed by atoms with van der Waals surface area (Å²) in [5.74, 6) is 0.160. The van der Waals surface area contributed by atoms with E-state index in [1.807, 2.05) is 0 Å². The first-order valence-electron chi connectivity index (χ1n) is 1.48. The minimum atomic E-state index is -2.85. The van der Waals surface area contributed by atoms with Crippen LogP contribution in [0.4, 0.5) is 0 Å². The van der Waals surface area contributed by atoms with Crippen LogP contribution in [0.1, 0.15) is 6.92 Å². The van der Waals surface area contributed by atoms with Gasteiger partial charge in [0.1, 0.15) is 0 Å². The zero-order chi connectivity index (χ0) is 5.21. The second-order valence-electron chi connectivity index (χ2n) is 0.828. The van der Waals surface area contributed by atoms with Gasteiger partial charge in [-0.25, -0.2) is 8.42 Å². The van der Waals surface area contributed by atoms with E-state index in [0.29, 0.717) is 0 Å². The van der Waals surface area contributed by atoms with Gasteiger partial charge in [-0.1, -0.05) is 6.92 Å². The van der Waals surface area contributed by atoms with E-state index in [4.69, 9.17) is 0 Å². The molecule has 0 aliphatic heterocycles. The summed E-state index contributed by atoms with van der Waals surface area (Å²) in [6.45, 7) is 1.57. The Labute approximate surface area is 44.7 Å². The fourth-order valence-corrected chi connectivity index (χ4v) is 0. The third kappa shape index (κ3) is 4.43. The molecule has 0 spiro atoms. The molecule has 0 aliphatic carbocycles. The van der Waals surface area contributed by atoms with Crippen LogP contribution in [0.3, 0.4) is 0 Å². The van der Waals surface area contributed by atoms with Gasteiger partial charge in [0, 0.05) is 0 Å². The first-order chi connectivity index (χ1) is 2.56. The molecule has 0 radical (unpaired) electrons. The van der Waals surface area contributed by atoms with E-state index in [1.54, 1.807) is 6.92 Å². The van der Waals surface area contributed by atoms with E-state index in [1.165, 1.54) is 0 Å². The molecule has 0 unspecified atom stereocenters. The molecule has 0 bridgehead atoms. The van der Waals surface area contributed by atoms with E-state index < -0.39 is 8.27 Å². The van der Waals surface area contributed by atoms with Crippen LogP contribution >= 0.6 is 14.8 Å². The van der Waals surface area contributed by atoms with Gasteiger partial charge in [-0.15, -0.1) is 0 Å². The van der Waals surface area contributed by atoms with Crippen molar-refractivity contribution in [2.45, 2.75) is 6.92 Å². The number of hydrogen-bond donors (Lipinski definition) is 0. The van der Waals surface area contributed by atoms with Crippen LogP contribution < -0.4 is 0 Å². The van der Waals surface area contributed by atoms with Crippen molar-refractivity contribution in [1.82, 2.24) is 0 Å². The molecular weight excluding hydrogens is 168 g/mol. The molecule has 0 atom stereocenters. The summed E-state index contributed by atoms with van der Waals surface area (Å²) in [6, 6.07) is 0. The largest absolute Gasteiger partial charge is 0.217 e. The highest BCUT2D eigenvalue weighted by molar-refractivity contribution is 9.47. The van der Waals surface area contributed by atoms with Crippen molar-refractivity contribution in [2.75, 3.05) is 5.75 Å². The third-order valence-corrected chi connectivity index (χ3v) is 2.41. The molecule has 0 N–H and O–H groups in total. The minimum absolute atomic E-state index is 0.160. The van der Waals surface area contributed by atoms with Gasteiger partial charge in [-0.05, 0) is 0 Å². The number of halogens is 1. The first-order valence-corrected chi connectivity index (χ1v) is 4.98. The summed E-state index contributed by atoms with van der Waals surface area (Å²) in [5.41, 5.74) is 0. The highest BCUT2D eigenvalue weighted by Gasteiger charge is 1.94. The first kappa shape index (κ1) is 6.43. The summed E-state index contributed by atoms with van der Waals surface area (Å²) in [7, 11) is -2.85. The molecule has 6 heavy (non-hydrogen) atoms. The van der Waals surface area contributed by atoms with E-state index in [0.717, 1.165) is 0 Å². The molecule has 0 saturated carbocycles. The molecule has 4 heteroatoms. The van der Waals surface area contributed by atoms with Gasteiger partial charge in [0.15, 0.2) is 0 Å². The van der Waals surface area contributed by atoms with Crippen LogP contribution in [0.25, 0.3) is 0 Å². The molecule has 0 aromatic rings. The Morgan fingerprint density at radius 2 is 1.83 bits per heavy atom.